The second-order valence-corrected chi connectivity index (χ2v) is 5.44. The van der Waals surface area contributed by atoms with E-state index in [1.165, 1.54) is 10.4 Å². The monoisotopic (exact) mass is 250 g/mol. The average Bonchev–Trinajstić information content (AvgIpc) is 2.87. The molecule has 2 aromatic rings. The third kappa shape index (κ3) is 1.70. The molecule has 4 nitrogen and oxygen atoms in total. The summed E-state index contributed by atoms with van der Waals surface area (Å²) >= 11 is 1.66. The van der Waals surface area contributed by atoms with E-state index in [4.69, 9.17) is 5.11 Å². The van der Waals surface area contributed by atoms with Crippen molar-refractivity contribution in [2.24, 2.45) is 0 Å². The number of fused-ring (bicyclic) bond motifs is 3. The maximum absolute atomic E-state index is 12.3. The predicted octanol–water partition coefficient (Wildman–Crippen LogP) is 1.33. The summed E-state index contributed by atoms with van der Waals surface area (Å²) in [7, 11) is 0. The number of thiophene rings is 1. The summed E-state index contributed by atoms with van der Waals surface area (Å²) in [6.45, 7) is 0.648. The molecule has 0 saturated carbocycles. The Balaban J connectivity index is 2.16. The maximum atomic E-state index is 12.3. The summed E-state index contributed by atoms with van der Waals surface area (Å²) in [5.41, 5.74) is 1.28. The molecule has 0 aliphatic heterocycles. The fourth-order valence-electron chi connectivity index (χ4n) is 2.42. The Hall–Kier alpha value is -1.20. The largest absolute Gasteiger partial charge is 0.396 e. The van der Waals surface area contributed by atoms with Crippen molar-refractivity contribution in [3.8, 4) is 0 Å². The van der Waals surface area contributed by atoms with Crippen molar-refractivity contribution in [2.75, 3.05) is 6.61 Å². The zero-order chi connectivity index (χ0) is 11.8. The van der Waals surface area contributed by atoms with Gasteiger partial charge in [-0.05, 0) is 31.2 Å². The van der Waals surface area contributed by atoms with Crippen molar-refractivity contribution < 1.29 is 5.11 Å². The van der Waals surface area contributed by atoms with Crippen molar-refractivity contribution in [1.82, 2.24) is 9.55 Å². The number of aromatic nitrogens is 2. The molecule has 90 valence electrons. The Morgan fingerprint density at radius 3 is 3.18 bits per heavy atom. The molecule has 0 fully saturated rings. The molecule has 0 aromatic carbocycles. The molecular formula is C12H14N2O2S. The third-order valence-electron chi connectivity index (χ3n) is 3.25. The number of rotatable bonds is 3. The highest BCUT2D eigenvalue weighted by Gasteiger charge is 2.20. The van der Waals surface area contributed by atoms with E-state index in [1.54, 1.807) is 22.2 Å². The van der Waals surface area contributed by atoms with Crippen LogP contribution in [0.15, 0.2) is 11.1 Å². The molecule has 0 atom stereocenters. The minimum Gasteiger partial charge on any atom is -0.396 e. The number of aliphatic hydroxyl groups excluding tert-OH is 1. The van der Waals surface area contributed by atoms with Crippen molar-refractivity contribution in [2.45, 2.75) is 32.2 Å². The van der Waals surface area contributed by atoms with Crippen molar-refractivity contribution >= 4 is 21.6 Å². The minimum atomic E-state index is 0.0582. The molecule has 1 aliphatic carbocycles. The van der Waals surface area contributed by atoms with Crippen LogP contribution in [0.5, 0.6) is 0 Å². The molecule has 1 N–H and O–H groups in total. The zero-order valence-corrected chi connectivity index (χ0v) is 10.3. The normalized spacial score (nSPS) is 14.4. The molecule has 0 amide bonds. The Kier molecular flexibility index (Phi) is 2.72. The van der Waals surface area contributed by atoms with Crippen LogP contribution in [0.1, 0.15) is 23.3 Å². The van der Waals surface area contributed by atoms with Crippen molar-refractivity contribution in [3.63, 3.8) is 0 Å². The molecule has 5 heteroatoms. The average molecular weight is 250 g/mol. The zero-order valence-electron chi connectivity index (χ0n) is 9.48. The second-order valence-electron chi connectivity index (χ2n) is 4.36. The van der Waals surface area contributed by atoms with E-state index in [-0.39, 0.29) is 12.2 Å². The minimum absolute atomic E-state index is 0.0582. The maximum Gasteiger partial charge on any atom is 0.262 e. The Labute approximate surface area is 103 Å². The van der Waals surface area contributed by atoms with Gasteiger partial charge in [-0.3, -0.25) is 9.36 Å². The fraction of sp³-hybridized carbons (Fsp3) is 0.500. The van der Waals surface area contributed by atoms with E-state index in [2.05, 4.69) is 4.98 Å². The van der Waals surface area contributed by atoms with Crippen molar-refractivity contribution in [3.05, 3.63) is 27.1 Å². The molecule has 3 rings (SSSR count). The number of nitrogens with zero attached hydrogens (tertiary/aromatic N) is 2. The van der Waals surface area contributed by atoms with Crippen LogP contribution < -0.4 is 5.56 Å². The first-order chi connectivity index (χ1) is 8.31. The molecule has 2 aromatic heterocycles. The van der Waals surface area contributed by atoms with Crippen LogP contribution in [0.3, 0.4) is 0 Å². The van der Waals surface area contributed by atoms with E-state index >= 15 is 0 Å². The SMILES string of the molecule is O=c1c2c3c(sc2ncn1CCCO)CCC3. The van der Waals surface area contributed by atoms with Gasteiger partial charge in [0.1, 0.15) is 4.83 Å². The number of hydrogen-bond acceptors (Lipinski definition) is 4. The molecule has 2 heterocycles. The van der Waals surface area contributed by atoms with Crippen LogP contribution in [0.25, 0.3) is 10.2 Å². The van der Waals surface area contributed by atoms with Crippen LogP contribution in [-0.2, 0) is 19.4 Å². The molecule has 0 unspecified atom stereocenters. The smallest absolute Gasteiger partial charge is 0.262 e. The van der Waals surface area contributed by atoms with Gasteiger partial charge in [0.2, 0.25) is 0 Å². The first-order valence-corrected chi connectivity index (χ1v) is 6.73. The summed E-state index contributed by atoms with van der Waals surface area (Å²) < 4.78 is 1.61. The highest BCUT2D eigenvalue weighted by Crippen LogP contribution is 2.34. The predicted molar refractivity (Wildman–Crippen MR) is 67.6 cm³/mol. The second kappa shape index (κ2) is 4.23. The van der Waals surface area contributed by atoms with Crippen LogP contribution >= 0.6 is 11.3 Å². The van der Waals surface area contributed by atoms with Gasteiger partial charge in [0.15, 0.2) is 0 Å². The van der Waals surface area contributed by atoms with Crippen LogP contribution in [-0.4, -0.2) is 21.3 Å². The molecule has 0 spiro atoms. The van der Waals surface area contributed by atoms with E-state index in [9.17, 15) is 4.79 Å². The van der Waals surface area contributed by atoms with E-state index in [0.717, 1.165) is 29.5 Å². The third-order valence-corrected chi connectivity index (χ3v) is 4.45. The Bertz CT molecular complexity index is 615. The van der Waals surface area contributed by atoms with Gasteiger partial charge in [-0.1, -0.05) is 0 Å². The first kappa shape index (κ1) is 10.9. The highest BCUT2D eigenvalue weighted by atomic mass is 32.1. The molecule has 0 radical (unpaired) electrons. The number of aliphatic hydroxyl groups is 1. The molecule has 0 bridgehead atoms. The van der Waals surface area contributed by atoms with Crippen LogP contribution in [0, 0.1) is 0 Å². The van der Waals surface area contributed by atoms with E-state index < -0.39 is 0 Å². The summed E-state index contributed by atoms with van der Waals surface area (Å²) in [5, 5.41) is 9.64. The van der Waals surface area contributed by atoms with Crippen LogP contribution in [0.2, 0.25) is 0 Å². The number of aryl methyl sites for hydroxylation is 3. The summed E-state index contributed by atoms with van der Waals surface area (Å²) in [6, 6.07) is 0. The summed E-state index contributed by atoms with van der Waals surface area (Å²) in [6.07, 6.45) is 5.45. The lowest BCUT2D eigenvalue weighted by Crippen LogP contribution is -2.21. The Morgan fingerprint density at radius 1 is 1.47 bits per heavy atom. The topological polar surface area (TPSA) is 55.1 Å². The molecule has 0 saturated heterocycles. The lowest BCUT2D eigenvalue weighted by molar-refractivity contribution is 0.279. The van der Waals surface area contributed by atoms with Gasteiger partial charge in [0.25, 0.3) is 5.56 Å². The van der Waals surface area contributed by atoms with Gasteiger partial charge in [-0.15, -0.1) is 11.3 Å². The van der Waals surface area contributed by atoms with Crippen LogP contribution in [0.4, 0.5) is 0 Å². The Morgan fingerprint density at radius 2 is 2.35 bits per heavy atom. The van der Waals surface area contributed by atoms with E-state index in [1.807, 2.05) is 0 Å². The van der Waals surface area contributed by atoms with Crippen molar-refractivity contribution in [1.29, 1.82) is 0 Å². The van der Waals surface area contributed by atoms with Gasteiger partial charge >= 0.3 is 0 Å². The molecule has 1 aliphatic rings. The quantitative estimate of drug-likeness (QED) is 0.894. The van der Waals surface area contributed by atoms with E-state index in [0.29, 0.717) is 13.0 Å². The summed E-state index contributed by atoms with van der Waals surface area (Å²) in [4.78, 5) is 18.9. The highest BCUT2D eigenvalue weighted by molar-refractivity contribution is 7.18. The lowest BCUT2D eigenvalue weighted by atomic mass is 10.2. The molecular weight excluding hydrogens is 236 g/mol. The molecule has 17 heavy (non-hydrogen) atoms. The fourth-order valence-corrected chi connectivity index (χ4v) is 3.64. The van der Waals surface area contributed by atoms with Gasteiger partial charge < -0.3 is 5.11 Å². The van der Waals surface area contributed by atoms with Gasteiger partial charge in [-0.25, -0.2) is 4.98 Å². The summed E-state index contributed by atoms with van der Waals surface area (Å²) in [5.74, 6) is 0. The lowest BCUT2D eigenvalue weighted by Gasteiger charge is -2.03. The standard InChI is InChI=1S/C12H14N2O2S/c15-6-2-5-14-7-13-11-10(12(14)16)8-3-1-4-9(8)17-11/h7,15H,1-6H2. The van der Waals surface area contributed by atoms with Gasteiger partial charge in [-0.2, -0.15) is 0 Å². The first-order valence-electron chi connectivity index (χ1n) is 5.92. The van der Waals surface area contributed by atoms with Gasteiger partial charge in [0.05, 0.1) is 11.7 Å². The van der Waals surface area contributed by atoms with Gasteiger partial charge in [0, 0.05) is 18.0 Å². The number of hydrogen-bond donors (Lipinski definition) is 1.